The Morgan fingerprint density at radius 3 is 2.26 bits per heavy atom. The van der Waals surface area contributed by atoms with Gasteiger partial charge in [0.25, 0.3) is 5.91 Å². The summed E-state index contributed by atoms with van der Waals surface area (Å²) in [6.07, 6.45) is 4.75. The summed E-state index contributed by atoms with van der Waals surface area (Å²) in [7, 11) is 4.61. The zero-order chi connectivity index (χ0) is 23.2. The SMILES string of the molecule is COc1cc(OC)c(OC)cc1C=C(C)C(=O)Nc1cnn(COC(=O)C(C)(C)C)c1. The van der Waals surface area contributed by atoms with Crippen LogP contribution in [0.25, 0.3) is 6.08 Å². The lowest BCUT2D eigenvalue weighted by Crippen LogP contribution is -2.24. The summed E-state index contributed by atoms with van der Waals surface area (Å²) in [5.74, 6) is 0.935. The van der Waals surface area contributed by atoms with Crippen molar-refractivity contribution in [2.24, 2.45) is 5.41 Å². The minimum absolute atomic E-state index is 0.0381. The van der Waals surface area contributed by atoms with Gasteiger partial charge in [-0.1, -0.05) is 0 Å². The van der Waals surface area contributed by atoms with Crippen molar-refractivity contribution in [1.29, 1.82) is 0 Å². The highest BCUT2D eigenvalue weighted by Crippen LogP contribution is 2.35. The zero-order valence-electron chi connectivity index (χ0n) is 18.9. The van der Waals surface area contributed by atoms with Crippen LogP contribution in [0.3, 0.4) is 0 Å². The van der Waals surface area contributed by atoms with E-state index in [1.807, 2.05) is 0 Å². The number of nitrogens with one attached hydrogen (secondary N) is 1. The number of nitrogens with zero attached hydrogens (tertiary/aromatic N) is 2. The van der Waals surface area contributed by atoms with Gasteiger partial charge in [-0.05, 0) is 39.8 Å². The Morgan fingerprint density at radius 1 is 1.06 bits per heavy atom. The minimum atomic E-state index is -0.600. The number of rotatable bonds is 8. The molecule has 1 aromatic heterocycles. The van der Waals surface area contributed by atoms with E-state index in [0.717, 1.165) is 0 Å². The van der Waals surface area contributed by atoms with Crippen LogP contribution in [0.15, 0.2) is 30.1 Å². The molecule has 0 fully saturated rings. The Labute approximate surface area is 181 Å². The van der Waals surface area contributed by atoms with Crippen molar-refractivity contribution in [2.75, 3.05) is 26.6 Å². The van der Waals surface area contributed by atoms with Crippen LogP contribution < -0.4 is 19.5 Å². The molecule has 9 nitrogen and oxygen atoms in total. The number of hydrogen-bond acceptors (Lipinski definition) is 7. The van der Waals surface area contributed by atoms with Gasteiger partial charge in [-0.3, -0.25) is 9.59 Å². The first-order chi connectivity index (χ1) is 14.6. The minimum Gasteiger partial charge on any atom is -0.496 e. The Morgan fingerprint density at radius 2 is 1.68 bits per heavy atom. The Balaban J connectivity index is 2.10. The second-order valence-electron chi connectivity index (χ2n) is 7.81. The van der Waals surface area contributed by atoms with E-state index >= 15 is 0 Å². The number of carbonyl (C=O) groups excluding carboxylic acids is 2. The van der Waals surface area contributed by atoms with Crippen molar-refractivity contribution in [3.63, 3.8) is 0 Å². The summed E-state index contributed by atoms with van der Waals surface area (Å²) in [5, 5.41) is 6.85. The van der Waals surface area contributed by atoms with Crippen LogP contribution in [-0.2, 0) is 21.1 Å². The normalized spacial score (nSPS) is 11.6. The Bertz CT molecular complexity index is 972. The van der Waals surface area contributed by atoms with Crippen molar-refractivity contribution in [3.8, 4) is 17.2 Å². The molecule has 168 valence electrons. The van der Waals surface area contributed by atoms with Crippen LogP contribution >= 0.6 is 0 Å². The number of anilines is 1. The molecule has 1 N–H and O–H groups in total. The number of amides is 1. The molecule has 0 bridgehead atoms. The summed E-state index contributed by atoms with van der Waals surface area (Å²) in [6, 6.07) is 3.43. The Hall–Kier alpha value is -3.49. The second-order valence-corrected chi connectivity index (χ2v) is 7.81. The van der Waals surface area contributed by atoms with Crippen molar-refractivity contribution < 1.29 is 28.5 Å². The van der Waals surface area contributed by atoms with Gasteiger partial charge in [0.1, 0.15) is 5.75 Å². The van der Waals surface area contributed by atoms with E-state index in [0.29, 0.717) is 34.1 Å². The molecule has 0 atom stereocenters. The number of methoxy groups -OCH3 is 3. The van der Waals surface area contributed by atoms with Gasteiger partial charge in [0.05, 0.1) is 44.8 Å². The fraction of sp³-hybridized carbons (Fsp3) is 0.409. The molecule has 0 saturated carbocycles. The summed E-state index contributed by atoms with van der Waals surface area (Å²) in [5.41, 5.74) is 0.982. The molecular weight excluding hydrogens is 402 g/mol. The maximum Gasteiger partial charge on any atom is 0.313 e. The highest BCUT2D eigenvalue weighted by Gasteiger charge is 2.23. The van der Waals surface area contributed by atoms with E-state index < -0.39 is 5.41 Å². The van der Waals surface area contributed by atoms with Crippen molar-refractivity contribution in [3.05, 3.63) is 35.7 Å². The molecule has 0 aliphatic heterocycles. The van der Waals surface area contributed by atoms with Gasteiger partial charge in [0, 0.05) is 17.2 Å². The Kier molecular flexibility index (Phi) is 7.68. The van der Waals surface area contributed by atoms with Gasteiger partial charge in [0.15, 0.2) is 18.2 Å². The maximum absolute atomic E-state index is 12.6. The smallest absolute Gasteiger partial charge is 0.313 e. The molecule has 2 rings (SSSR count). The third kappa shape index (κ3) is 6.24. The van der Waals surface area contributed by atoms with Crippen LogP contribution in [0.5, 0.6) is 17.2 Å². The van der Waals surface area contributed by atoms with Crippen LogP contribution in [0.4, 0.5) is 5.69 Å². The van der Waals surface area contributed by atoms with Gasteiger partial charge in [-0.15, -0.1) is 0 Å². The van der Waals surface area contributed by atoms with Gasteiger partial charge < -0.3 is 24.3 Å². The standard InChI is InChI=1S/C22H29N3O6/c1-14(8-15-9-18(29-6)19(30-7)10-17(15)28-5)20(26)24-16-11-23-25(12-16)13-31-21(27)22(2,3)4/h8-12H,13H2,1-7H3,(H,24,26). The fourth-order valence-corrected chi connectivity index (χ4v) is 2.53. The van der Waals surface area contributed by atoms with Crippen molar-refractivity contribution in [1.82, 2.24) is 9.78 Å². The van der Waals surface area contributed by atoms with Crippen molar-refractivity contribution >= 4 is 23.6 Å². The number of esters is 1. The summed E-state index contributed by atoms with van der Waals surface area (Å²) >= 11 is 0. The highest BCUT2D eigenvalue weighted by atomic mass is 16.5. The summed E-state index contributed by atoms with van der Waals surface area (Å²) in [6.45, 7) is 6.95. The molecule has 9 heteroatoms. The average molecular weight is 431 g/mol. The lowest BCUT2D eigenvalue weighted by atomic mass is 9.98. The lowest BCUT2D eigenvalue weighted by Gasteiger charge is -2.16. The molecule has 0 spiro atoms. The van der Waals surface area contributed by atoms with Crippen LogP contribution in [0.1, 0.15) is 33.3 Å². The fourth-order valence-electron chi connectivity index (χ4n) is 2.53. The van der Waals surface area contributed by atoms with Crippen LogP contribution in [0.2, 0.25) is 0 Å². The number of benzene rings is 1. The van der Waals surface area contributed by atoms with E-state index in [9.17, 15) is 9.59 Å². The quantitative estimate of drug-likeness (QED) is 0.504. The van der Waals surface area contributed by atoms with E-state index in [1.165, 1.54) is 32.2 Å². The molecule has 0 aliphatic rings. The molecule has 1 amide bonds. The molecular formula is C22H29N3O6. The largest absolute Gasteiger partial charge is 0.496 e. The van der Waals surface area contributed by atoms with Gasteiger partial charge >= 0.3 is 5.97 Å². The molecule has 0 saturated heterocycles. The predicted molar refractivity (Wildman–Crippen MR) is 116 cm³/mol. The van der Waals surface area contributed by atoms with E-state index in [-0.39, 0.29) is 18.6 Å². The number of carbonyl (C=O) groups is 2. The lowest BCUT2D eigenvalue weighted by molar-refractivity contribution is -0.157. The molecule has 2 aromatic rings. The van der Waals surface area contributed by atoms with Gasteiger partial charge in [-0.2, -0.15) is 5.10 Å². The van der Waals surface area contributed by atoms with E-state index in [1.54, 1.807) is 52.1 Å². The first-order valence-electron chi connectivity index (χ1n) is 9.58. The second kappa shape index (κ2) is 10.0. The van der Waals surface area contributed by atoms with E-state index in [2.05, 4.69) is 10.4 Å². The number of hydrogen-bond donors (Lipinski definition) is 1. The maximum atomic E-state index is 12.6. The van der Waals surface area contributed by atoms with Gasteiger partial charge in [0.2, 0.25) is 0 Å². The van der Waals surface area contributed by atoms with Crippen molar-refractivity contribution in [2.45, 2.75) is 34.4 Å². The predicted octanol–water partition coefficient (Wildman–Crippen LogP) is 3.50. The van der Waals surface area contributed by atoms with Crippen LogP contribution in [0, 0.1) is 5.41 Å². The first-order valence-corrected chi connectivity index (χ1v) is 9.58. The molecule has 31 heavy (non-hydrogen) atoms. The molecule has 0 unspecified atom stereocenters. The molecule has 1 heterocycles. The highest BCUT2D eigenvalue weighted by molar-refractivity contribution is 6.06. The zero-order valence-corrected chi connectivity index (χ0v) is 18.9. The summed E-state index contributed by atoms with van der Waals surface area (Å²) in [4.78, 5) is 24.5. The average Bonchev–Trinajstić information content (AvgIpc) is 3.17. The first kappa shape index (κ1) is 23.8. The molecule has 0 radical (unpaired) electrons. The monoisotopic (exact) mass is 431 g/mol. The number of aromatic nitrogens is 2. The molecule has 1 aromatic carbocycles. The third-order valence-electron chi connectivity index (χ3n) is 4.30. The summed E-state index contributed by atoms with van der Waals surface area (Å²) < 4.78 is 22.6. The number of ether oxygens (including phenoxy) is 4. The van der Waals surface area contributed by atoms with Gasteiger partial charge in [-0.25, -0.2) is 4.68 Å². The third-order valence-corrected chi connectivity index (χ3v) is 4.30. The topological polar surface area (TPSA) is 101 Å². The van der Waals surface area contributed by atoms with E-state index in [4.69, 9.17) is 18.9 Å². The van der Waals surface area contributed by atoms with Crippen LogP contribution in [-0.4, -0.2) is 43.0 Å². The molecule has 0 aliphatic carbocycles.